The molecule has 172 valence electrons. The molecule has 0 fully saturated rings. The summed E-state index contributed by atoms with van der Waals surface area (Å²) in [6, 6.07) is 24.3. The highest BCUT2D eigenvalue weighted by Gasteiger charge is 2.18. The maximum atomic E-state index is 12.7. The van der Waals surface area contributed by atoms with Crippen molar-refractivity contribution in [3.63, 3.8) is 0 Å². The molecule has 3 aromatic carbocycles. The summed E-state index contributed by atoms with van der Waals surface area (Å²) in [7, 11) is 0. The zero-order chi connectivity index (χ0) is 23.9. The number of thiocarbonyl (C=S) groups is 1. The smallest absolute Gasteiger partial charge is 0.281 e. The van der Waals surface area contributed by atoms with Gasteiger partial charge in [-0.1, -0.05) is 72.3 Å². The van der Waals surface area contributed by atoms with Gasteiger partial charge in [0, 0.05) is 16.5 Å². The van der Waals surface area contributed by atoms with E-state index in [0.717, 1.165) is 15.6 Å². The van der Waals surface area contributed by atoms with Crippen molar-refractivity contribution in [2.24, 2.45) is 0 Å². The number of halogens is 1. The molecule has 0 atom stereocenters. The number of hydrogen-bond donors (Lipinski definition) is 3. The lowest BCUT2D eigenvalue weighted by molar-refractivity contribution is 0.0937. The second-order valence-electron chi connectivity index (χ2n) is 7.18. The van der Waals surface area contributed by atoms with Gasteiger partial charge in [0.1, 0.15) is 10.6 Å². The van der Waals surface area contributed by atoms with E-state index in [1.165, 1.54) is 11.3 Å². The number of carbonyl (C=O) groups excluding carboxylic acids is 2. The van der Waals surface area contributed by atoms with E-state index >= 15 is 0 Å². The molecule has 2 amide bonds. The number of hydrogen-bond acceptors (Lipinski definition) is 5. The summed E-state index contributed by atoms with van der Waals surface area (Å²) in [6.45, 7) is 0.420. The topological polar surface area (TPSA) is 79.5 Å². The van der Waals surface area contributed by atoms with Crippen molar-refractivity contribution in [2.45, 2.75) is 6.42 Å². The third-order valence-electron chi connectivity index (χ3n) is 4.88. The molecule has 0 unspecified atom stereocenters. The van der Waals surface area contributed by atoms with E-state index in [9.17, 15) is 9.59 Å². The maximum absolute atomic E-state index is 12.7. The van der Waals surface area contributed by atoms with Gasteiger partial charge in [-0.05, 0) is 36.0 Å². The minimum atomic E-state index is -0.457. The first-order valence-electron chi connectivity index (χ1n) is 10.4. The highest BCUT2D eigenvalue weighted by Crippen LogP contribution is 2.34. The van der Waals surface area contributed by atoms with Crippen LogP contribution in [0, 0.1) is 0 Å². The monoisotopic (exact) mass is 509 g/mol. The minimum absolute atomic E-state index is 0.0605. The number of rotatable bonds is 6. The summed E-state index contributed by atoms with van der Waals surface area (Å²) in [5, 5.41) is 3.67. The highest BCUT2D eigenvalue weighted by molar-refractivity contribution is 7.80. The third-order valence-corrected chi connectivity index (χ3v) is 6.76. The Kier molecular flexibility index (Phi) is 7.74. The van der Waals surface area contributed by atoms with Gasteiger partial charge in [0.2, 0.25) is 0 Å². The van der Waals surface area contributed by atoms with Crippen molar-refractivity contribution < 1.29 is 14.3 Å². The molecule has 0 aliphatic carbocycles. The summed E-state index contributed by atoms with van der Waals surface area (Å²) in [6.07, 6.45) is 0.711. The Bertz CT molecular complexity index is 1340. The Labute approximate surface area is 210 Å². The van der Waals surface area contributed by atoms with Crippen LogP contribution in [0.25, 0.3) is 10.1 Å². The highest BCUT2D eigenvalue weighted by atomic mass is 35.5. The van der Waals surface area contributed by atoms with Gasteiger partial charge in [-0.15, -0.1) is 11.3 Å². The number of carbonyl (C=O) groups is 2. The van der Waals surface area contributed by atoms with Crippen LogP contribution in [0.1, 0.15) is 25.6 Å². The molecular weight excluding hydrogens is 490 g/mol. The minimum Gasteiger partial charge on any atom is -0.492 e. The molecule has 0 bridgehead atoms. The SMILES string of the molecule is O=C(NC(=S)NNC(=O)c1sc2ccccc2c1Cl)c1ccccc1OCCc1ccccc1. The fraction of sp³-hybridized carbons (Fsp3) is 0.0800. The molecule has 4 aromatic rings. The van der Waals surface area contributed by atoms with Gasteiger partial charge in [-0.3, -0.25) is 25.8 Å². The number of thiophene rings is 1. The van der Waals surface area contributed by atoms with Gasteiger partial charge in [-0.2, -0.15) is 0 Å². The van der Waals surface area contributed by atoms with Crippen LogP contribution in [0.4, 0.5) is 0 Å². The summed E-state index contributed by atoms with van der Waals surface area (Å²) in [5.74, 6) is -0.464. The second-order valence-corrected chi connectivity index (χ2v) is 9.02. The van der Waals surface area contributed by atoms with Gasteiger partial charge in [0.15, 0.2) is 5.11 Å². The van der Waals surface area contributed by atoms with E-state index in [-0.39, 0.29) is 5.11 Å². The molecule has 4 rings (SSSR count). The maximum Gasteiger partial charge on any atom is 0.281 e. The van der Waals surface area contributed by atoms with Gasteiger partial charge in [0.05, 0.1) is 17.2 Å². The fourth-order valence-electron chi connectivity index (χ4n) is 3.24. The van der Waals surface area contributed by atoms with Crippen molar-refractivity contribution in [1.82, 2.24) is 16.2 Å². The molecule has 1 aromatic heterocycles. The van der Waals surface area contributed by atoms with Gasteiger partial charge in [0.25, 0.3) is 11.8 Å². The quantitative estimate of drug-likeness (QED) is 0.248. The van der Waals surface area contributed by atoms with Crippen LogP contribution in [-0.2, 0) is 6.42 Å². The second kappa shape index (κ2) is 11.1. The summed E-state index contributed by atoms with van der Waals surface area (Å²) in [5.41, 5.74) is 6.49. The molecule has 9 heteroatoms. The Hall–Kier alpha value is -3.46. The first kappa shape index (κ1) is 23.7. The number of fused-ring (bicyclic) bond motifs is 1. The van der Waals surface area contributed by atoms with E-state index in [1.54, 1.807) is 24.3 Å². The number of ether oxygens (including phenoxy) is 1. The first-order chi connectivity index (χ1) is 16.5. The standard InChI is InChI=1S/C25H20ClN3O3S2/c26-21-18-11-5-7-13-20(18)34-22(21)24(31)28-29-25(33)27-23(30)17-10-4-6-12-19(17)32-15-14-16-8-2-1-3-9-16/h1-13H,14-15H2,(H,28,31)(H2,27,29,30,33). The summed E-state index contributed by atoms with van der Waals surface area (Å²) < 4.78 is 6.73. The average molecular weight is 510 g/mol. The van der Waals surface area contributed by atoms with Crippen LogP contribution in [0.5, 0.6) is 5.75 Å². The molecule has 6 nitrogen and oxygen atoms in total. The molecule has 0 radical (unpaired) electrons. The van der Waals surface area contributed by atoms with Crippen LogP contribution in [0.2, 0.25) is 5.02 Å². The lowest BCUT2D eigenvalue weighted by Crippen LogP contribution is -2.48. The van der Waals surface area contributed by atoms with Crippen LogP contribution in [-0.4, -0.2) is 23.5 Å². The van der Waals surface area contributed by atoms with Gasteiger partial charge in [-0.25, -0.2) is 0 Å². The van der Waals surface area contributed by atoms with Crippen LogP contribution in [0.15, 0.2) is 78.9 Å². The number of hydrazine groups is 1. The predicted molar refractivity (Wildman–Crippen MR) is 140 cm³/mol. The fourth-order valence-corrected chi connectivity index (χ4v) is 4.79. The van der Waals surface area contributed by atoms with Crippen LogP contribution < -0.4 is 20.9 Å². The predicted octanol–water partition coefficient (Wildman–Crippen LogP) is 5.13. The zero-order valence-electron chi connectivity index (χ0n) is 17.8. The van der Waals surface area contributed by atoms with Crippen molar-refractivity contribution in [2.75, 3.05) is 6.61 Å². The number of benzene rings is 3. The molecule has 0 spiro atoms. The molecule has 0 saturated carbocycles. The van der Waals surface area contributed by atoms with E-state index in [2.05, 4.69) is 16.2 Å². The van der Waals surface area contributed by atoms with Crippen molar-refractivity contribution in [3.05, 3.63) is 99.9 Å². The number of para-hydroxylation sites is 1. The van der Waals surface area contributed by atoms with Crippen molar-refractivity contribution in [3.8, 4) is 5.75 Å². The van der Waals surface area contributed by atoms with Crippen molar-refractivity contribution in [1.29, 1.82) is 0 Å². The molecule has 3 N–H and O–H groups in total. The largest absolute Gasteiger partial charge is 0.492 e. The summed E-state index contributed by atoms with van der Waals surface area (Å²) in [4.78, 5) is 25.6. The molecular formula is C25H20ClN3O3S2. The van der Waals surface area contributed by atoms with Gasteiger partial charge >= 0.3 is 0 Å². The van der Waals surface area contributed by atoms with Gasteiger partial charge < -0.3 is 4.74 Å². The van der Waals surface area contributed by atoms with E-state index < -0.39 is 11.8 Å². The number of amides is 2. The Balaban J connectivity index is 1.32. The van der Waals surface area contributed by atoms with Crippen LogP contribution >= 0.6 is 35.2 Å². The van der Waals surface area contributed by atoms with Crippen molar-refractivity contribution >= 4 is 62.2 Å². The average Bonchev–Trinajstić information content (AvgIpc) is 3.20. The lowest BCUT2D eigenvalue weighted by Gasteiger charge is -2.13. The van der Waals surface area contributed by atoms with Crippen LogP contribution in [0.3, 0.4) is 0 Å². The Morgan fingerprint density at radius 3 is 2.38 bits per heavy atom. The zero-order valence-corrected chi connectivity index (χ0v) is 20.2. The molecule has 0 saturated heterocycles. The lowest BCUT2D eigenvalue weighted by atomic mass is 10.1. The number of nitrogens with one attached hydrogen (secondary N) is 3. The molecule has 0 aliphatic rings. The summed E-state index contributed by atoms with van der Waals surface area (Å²) >= 11 is 12.8. The van der Waals surface area contributed by atoms with E-state index in [1.807, 2.05) is 54.6 Å². The first-order valence-corrected chi connectivity index (χ1v) is 12.0. The third kappa shape index (κ3) is 5.72. The molecule has 1 heterocycles. The van der Waals surface area contributed by atoms with E-state index in [4.69, 9.17) is 28.6 Å². The molecule has 0 aliphatic heterocycles. The Morgan fingerprint density at radius 2 is 1.59 bits per heavy atom. The normalized spacial score (nSPS) is 10.5. The molecule has 34 heavy (non-hydrogen) atoms. The van der Waals surface area contributed by atoms with E-state index in [0.29, 0.717) is 34.2 Å². The Morgan fingerprint density at radius 1 is 0.882 bits per heavy atom.